The fourth-order valence-electron chi connectivity index (χ4n) is 3.17. The third kappa shape index (κ3) is 5.82. The first-order valence-corrected chi connectivity index (χ1v) is 9.76. The van der Waals surface area contributed by atoms with E-state index in [2.05, 4.69) is 54.9 Å². The van der Waals surface area contributed by atoms with Crippen LogP contribution in [0.3, 0.4) is 0 Å². The molecule has 2 aliphatic heterocycles. The van der Waals surface area contributed by atoms with E-state index in [0.717, 1.165) is 5.56 Å². The molecule has 2 heterocycles. The summed E-state index contributed by atoms with van der Waals surface area (Å²) < 4.78 is 0. The van der Waals surface area contributed by atoms with Gasteiger partial charge in [-0.1, -0.05) is 30.3 Å². The normalized spacial score (nSPS) is 17.3. The molecule has 5 nitrogen and oxygen atoms in total. The number of β-amino-alcohol motifs (C(OH)–C–C–N with tert-alkyl or cyclic N) is 1. The van der Waals surface area contributed by atoms with Crippen LogP contribution in [0.1, 0.15) is 47.1 Å². The zero-order chi connectivity index (χ0) is 20.6. The van der Waals surface area contributed by atoms with Gasteiger partial charge in [0.2, 0.25) is 13.3 Å². The van der Waals surface area contributed by atoms with Crippen molar-refractivity contribution >= 4 is 0 Å². The molecule has 3 rings (SSSR count). The van der Waals surface area contributed by atoms with Gasteiger partial charge in [-0.2, -0.15) is 0 Å². The summed E-state index contributed by atoms with van der Waals surface area (Å²) >= 11 is 0. The Kier molecular flexibility index (Phi) is 7.22. The molecule has 0 saturated carbocycles. The van der Waals surface area contributed by atoms with E-state index in [9.17, 15) is 5.11 Å². The van der Waals surface area contributed by atoms with Gasteiger partial charge in [0.05, 0.1) is 13.1 Å². The van der Waals surface area contributed by atoms with E-state index in [4.69, 9.17) is 0 Å². The van der Waals surface area contributed by atoms with Crippen LogP contribution in [0.5, 0.6) is 0 Å². The van der Waals surface area contributed by atoms with Crippen molar-refractivity contribution in [1.29, 1.82) is 0 Å². The maximum atomic E-state index is 11.7. The van der Waals surface area contributed by atoms with Crippen LogP contribution in [0, 0.1) is 13.3 Å². The number of aliphatic hydroxyl groups is 1. The van der Waals surface area contributed by atoms with E-state index in [1.807, 2.05) is 74.7 Å². The Bertz CT molecular complexity index is 681. The predicted molar refractivity (Wildman–Crippen MR) is 112 cm³/mol. The van der Waals surface area contributed by atoms with Crippen molar-refractivity contribution in [2.75, 3.05) is 13.1 Å². The minimum Gasteiger partial charge on any atom is -0.381 e. The molecular weight excluding hydrogens is 456 g/mol. The molecule has 0 bridgehead atoms. The Balaban J connectivity index is 0.00000300. The van der Waals surface area contributed by atoms with Crippen molar-refractivity contribution in [3.05, 3.63) is 74.0 Å². The summed E-state index contributed by atoms with van der Waals surface area (Å²) in [5.74, 6) is 0. The second-order valence-corrected chi connectivity index (χ2v) is 9.53. The largest absolute Gasteiger partial charge is 0.381 e. The number of rotatable bonds is 5. The second kappa shape index (κ2) is 8.76. The van der Waals surface area contributed by atoms with Gasteiger partial charge in [0.25, 0.3) is 0 Å². The quantitative estimate of drug-likeness (QED) is 0.641. The SMILES string of the molecule is CC(C)(C)N1[C]N(CC(O)(CN2[C]N(C(C)(C)C)C=C2)c2ccccc2)C=C1.[Ag]. The molecule has 1 aromatic carbocycles. The summed E-state index contributed by atoms with van der Waals surface area (Å²) in [6.45, 7) is 20.3. The van der Waals surface area contributed by atoms with Crippen molar-refractivity contribution in [3.63, 3.8) is 0 Å². The van der Waals surface area contributed by atoms with Gasteiger partial charge in [-0.15, -0.1) is 0 Å². The van der Waals surface area contributed by atoms with Crippen molar-refractivity contribution in [2.45, 2.75) is 58.2 Å². The molecule has 0 saturated heterocycles. The number of benzene rings is 1. The minimum absolute atomic E-state index is 0. The van der Waals surface area contributed by atoms with Crippen LogP contribution in [0.15, 0.2) is 55.1 Å². The molecule has 0 aromatic heterocycles. The summed E-state index contributed by atoms with van der Waals surface area (Å²) in [5, 5.41) is 11.7. The molecule has 161 valence electrons. The van der Waals surface area contributed by atoms with Gasteiger partial charge in [-0.3, -0.25) is 0 Å². The molecule has 29 heavy (non-hydrogen) atoms. The van der Waals surface area contributed by atoms with Crippen molar-refractivity contribution in [1.82, 2.24) is 19.6 Å². The maximum Gasteiger partial charge on any atom is 0.208 e. The van der Waals surface area contributed by atoms with Crippen LogP contribution in [-0.2, 0) is 28.0 Å². The second-order valence-electron chi connectivity index (χ2n) is 9.53. The van der Waals surface area contributed by atoms with Gasteiger partial charge < -0.3 is 24.7 Å². The van der Waals surface area contributed by atoms with Crippen LogP contribution in [0.25, 0.3) is 0 Å². The van der Waals surface area contributed by atoms with Crippen molar-refractivity contribution in [3.8, 4) is 0 Å². The van der Waals surface area contributed by atoms with E-state index in [0.29, 0.717) is 13.1 Å². The molecule has 6 heteroatoms. The van der Waals surface area contributed by atoms with E-state index >= 15 is 0 Å². The first-order chi connectivity index (χ1) is 13.0. The fraction of sp³-hybridized carbons (Fsp3) is 0.478. The molecular formula is C23H32AgN4O. The molecule has 0 fully saturated rings. The average molecular weight is 488 g/mol. The minimum atomic E-state index is -1.09. The zero-order valence-electron chi connectivity index (χ0n) is 18.1. The van der Waals surface area contributed by atoms with Gasteiger partial charge in [0.1, 0.15) is 5.60 Å². The molecule has 0 aliphatic carbocycles. The Hall–Kier alpha value is -1.40. The third-order valence-corrected chi connectivity index (χ3v) is 4.88. The zero-order valence-corrected chi connectivity index (χ0v) is 19.6. The van der Waals surface area contributed by atoms with E-state index in [1.165, 1.54) is 0 Å². The molecule has 2 aliphatic rings. The van der Waals surface area contributed by atoms with Crippen molar-refractivity contribution < 1.29 is 27.5 Å². The molecule has 5 radical (unpaired) electrons. The molecule has 0 spiro atoms. The summed E-state index contributed by atoms with van der Waals surface area (Å²) in [5.41, 5.74) is -0.313. The maximum absolute atomic E-state index is 11.7. The van der Waals surface area contributed by atoms with Gasteiger partial charge in [-0.05, 0) is 47.1 Å². The van der Waals surface area contributed by atoms with Crippen LogP contribution in [0.4, 0.5) is 0 Å². The van der Waals surface area contributed by atoms with E-state index in [-0.39, 0.29) is 33.5 Å². The number of hydrogen-bond donors (Lipinski definition) is 1. The topological polar surface area (TPSA) is 33.2 Å². The van der Waals surface area contributed by atoms with Gasteiger partial charge >= 0.3 is 0 Å². The van der Waals surface area contributed by atoms with Crippen LogP contribution < -0.4 is 0 Å². The Labute approximate surface area is 192 Å². The molecule has 0 amide bonds. The van der Waals surface area contributed by atoms with E-state index < -0.39 is 5.60 Å². The Morgan fingerprint density at radius 2 is 1.14 bits per heavy atom. The molecule has 1 N–H and O–H groups in total. The van der Waals surface area contributed by atoms with Gasteiger partial charge in [-0.25, -0.2) is 0 Å². The number of nitrogens with zero attached hydrogens (tertiary/aromatic N) is 4. The fourth-order valence-corrected chi connectivity index (χ4v) is 3.17. The Morgan fingerprint density at radius 3 is 1.48 bits per heavy atom. The molecule has 0 atom stereocenters. The van der Waals surface area contributed by atoms with Gasteiger partial charge in [0, 0.05) is 58.3 Å². The Morgan fingerprint density at radius 1 is 0.724 bits per heavy atom. The first-order valence-electron chi connectivity index (χ1n) is 9.76. The monoisotopic (exact) mass is 487 g/mol. The third-order valence-electron chi connectivity index (χ3n) is 4.88. The van der Waals surface area contributed by atoms with Crippen molar-refractivity contribution in [2.24, 2.45) is 0 Å². The standard InChI is InChI=1S/C23H32N4O.Ag/c1-21(2,3)26-14-12-24(18-26)16-23(28,20-10-8-7-9-11-20)17-25-13-15-27(19-25)22(4,5)6;/h7-15,28H,16-17H2,1-6H3;. The average Bonchev–Trinajstić information content (AvgIpc) is 3.24. The smallest absolute Gasteiger partial charge is 0.208 e. The van der Waals surface area contributed by atoms with Gasteiger partial charge in [0.15, 0.2) is 0 Å². The number of hydrogen-bond acceptors (Lipinski definition) is 5. The summed E-state index contributed by atoms with van der Waals surface area (Å²) in [7, 11) is 0. The first kappa shape index (κ1) is 23.9. The summed E-state index contributed by atoms with van der Waals surface area (Å²) in [6.07, 6.45) is 7.93. The predicted octanol–water partition coefficient (Wildman–Crippen LogP) is 3.64. The van der Waals surface area contributed by atoms with Crippen LogP contribution >= 0.6 is 0 Å². The van der Waals surface area contributed by atoms with Crippen LogP contribution in [-0.4, -0.2) is 48.9 Å². The summed E-state index contributed by atoms with van der Waals surface area (Å²) in [6, 6.07) is 9.84. The summed E-state index contributed by atoms with van der Waals surface area (Å²) in [4.78, 5) is 7.93. The van der Waals surface area contributed by atoms with E-state index in [1.54, 1.807) is 0 Å². The molecule has 1 aromatic rings. The molecule has 0 unspecified atom stereocenters. The van der Waals surface area contributed by atoms with Crippen LogP contribution in [0.2, 0.25) is 0 Å².